The second-order valence-electron chi connectivity index (χ2n) is 8.82. The van der Waals surface area contributed by atoms with Crippen molar-refractivity contribution in [1.82, 2.24) is 5.32 Å². The van der Waals surface area contributed by atoms with Crippen molar-refractivity contribution in [2.24, 2.45) is 0 Å². The molecular formula is C20H30BNO2. The van der Waals surface area contributed by atoms with Crippen LogP contribution in [0.5, 0.6) is 0 Å². The fourth-order valence-corrected chi connectivity index (χ4v) is 3.86. The molecule has 1 aromatic rings. The van der Waals surface area contributed by atoms with E-state index in [4.69, 9.17) is 9.31 Å². The van der Waals surface area contributed by atoms with Gasteiger partial charge in [0.1, 0.15) is 0 Å². The zero-order valence-corrected chi connectivity index (χ0v) is 15.5. The van der Waals surface area contributed by atoms with E-state index in [1.165, 1.54) is 42.3 Å². The van der Waals surface area contributed by atoms with Crippen LogP contribution in [-0.2, 0) is 9.31 Å². The molecule has 0 unspecified atom stereocenters. The van der Waals surface area contributed by atoms with Gasteiger partial charge in [0, 0.05) is 0 Å². The standard InChI is InChI=1S/C20H30BNO2/c1-19(2)20(3,4)24-21(23-19)18-12-16(14-5-6-14)11-17(13-18)15-7-9-22-10-8-15/h11-15,22H,5-10H2,1-4H3. The van der Waals surface area contributed by atoms with Crippen molar-refractivity contribution in [3.05, 3.63) is 29.3 Å². The minimum atomic E-state index is -0.276. The molecule has 24 heavy (non-hydrogen) atoms. The molecule has 0 bridgehead atoms. The molecule has 0 atom stereocenters. The van der Waals surface area contributed by atoms with Crippen molar-refractivity contribution in [1.29, 1.82) is 0 Å². The molecular weight excluding hydrogens is 297 g/mol. The Kier molecular flexibility index (Phi) is 4.06. The predicted octanol–water partition coefficient (Wildman–Crippen LogP) is 3.33. The Morgan fingerprint density at radius 3 is 1.83 bits per heavy atom. The summed E-state index contributed by atoms with van der Waals surface area (Å²) in [5.41, 5.74) is 3.65. The molecule has 2 saturated heterocycles. The van der Waals surface area contributed by atoms with Crippen LogP contribution >= 0.6 is 0 Å². The number of piperidine rings is 1. The van der Waals surface area contributed by atoms with Crippen LogP contribution < -0.4 is 10.8 Å². The molecule has 4 rings (SSSR count). The summed E-state index contributed by atoms with van der Waals surface area (Å²) in [6.45, 7) is 10.8. The lowest BCUT2D eigenvalue weighted by atomic mass is 9.75. The van der Waals surface area contributed by atoms with E-state index in [0.29, 0.717) is 5.92 Å². The van der Waals surface area contributed by atoms with E-state index in [1.54, 1.807) is 0 Å². The minimum Gasteiger partial charge on any atom is -0.399 e. The molecule has 1 aliphatic carbocycles. The Morgan fingerprint density at radius 2 is 1.33 bits per heavy atom. The number of rotatable bonds is 3. The maximum absolute atomic E-state index is 6.31. The summed E-state index contributed by atoms with van der Waals surface area (Å²) in [6, 6.07) is 7.15. The summed E-state index contributed by atoms with van der Waals surface area (Å²) >= 11 is 0. The molecule has 1 N–H and O–H groups in total. The SMILES string of the molecule is CC1(C)OB(c2cc(C3CCNCC3)cc(C3CC3)c2)OC1(C)C. The van der Waals surface area contributed by atoms with Crippen LogP contribution in [0.3, 0.4) is 0 Å². The average molecular weight is 327 g/mol. The Hall–Kier alpha value is -0.835. The first kappa shape index (κ1) is 16.6. The normalized spacial score (nSPS) is 26.8. The molecule has 0 aromatic heterocycles. The van der Waals surface area contributed by atoms with Gasteiger partial charge in [0.05, 0.1) is 11.2 Å². The van der Waals surface area contributed by atoms with Crippen LogP contribution in [0.15, 0.2) is 18.2 Å². The van der Waals surface area contributed by atoms with Gasteiger partial charge in [-0.2, -0.15) is 0 Å². The maximum Gasteiger partial charge on any atom is 0.494 e. The van der Waals surface area contributed by atoms with E-state index in [2.05, 4.69) is 51.2 Å². The van der Waals surface area contributed by atoms with Gasteiger partial charge in [0.25, 0.3) is 0 Å². The molecule has 3 fully saturated rings. The molecule has 0 amide bonds. The van der Waals surface area contributed by atoms with Gasteiger partial charge in [-0.05, 0) is 94.9 Å². The number of hydrogen-bond donors (Lipinski definition) is 1. The zero-order chi connectivity index (χ0) is 16.9. The highest BCUT2D eigenvalue weighted by atomic mass is 16.7. The van der Waals surface area contributed by atoms with Gasteiger partial charge < -0.3 is 14.6 Å². The van der Waals surface area contributed by atoms with Crippen LogP contribution in [0.1, 0.15) is 76.3 Å². The number of benzene rings is 1. The van der Waals surface area contributed by atoms with Gasteiger partial charge in [-0.15, -0.1) is 0 Å². The summed E-state index contributed by atoms with van der Waals surface area (Å²) in [5, 5.41) is 3.48. The zero-order valence-electron chi connectivity index (χ0n) is 15.5. The monoisotopic (exact) mass is 327 g/mol. The van der Waals surface area contributed by atoms with Crippen molar-refractivity contribution >= 4 is 12.6 Å². The van der Waals surface area contributed by atoms with E-state index in [0.717, 1.165) is 19.0 Å². The average Bonchev–Trinajstić information content (AvgIpc) is 3.36. The highest BCUT2D eigenvalue weighted by molar-refractivity contribution is 6.62. The fraction of sp³-hybridized carbons (Fsp3) is 0.700. The largest absolute Gasteiger partial charge is 0.494 e. The van der Waals surface area contributed by atoms with Crippen LogP contribution in [0.4, 0.5) is 0 Å². The van der Waals surface area contributed by atoms with E-state index < -0.39 is 0 Å². The summed E-state index contributed by atoms with van der Waals surface area (Å²) in [7, 11) is -0.242. The van der Waals surface area contributed by atoms with Crippen LogP contribution in [0, 0.1) is 0 Å². The molecule has 0 radical (unpaired) electrons. The fourth-order valence-electron chi connectivity index (χ4n) is 3.86. The Labute approximate surface area is 146 Å². The summed E-state index contributed by atoms with van der Waals surface area (Å²) in [6.07, 6.45) is 5.13. The molecule has 1 aromatic carbocycles. The number of hydrogen-bond acceptors (Lipinski definition) is 3. The third-order valence-electron chi connectivity index (χ3n) is 6.38. The highest BCUT2D eigenvalue weighted by Crippen LogP contribution is 2.42. The molecule has 2 heterocycles. The van der Waals surface area contributed by atoms with Crippen molar-refractivity contribution < 1.29 is 9.31 Å². The lowest BCUT2D eigenvalue weighted by Gasteiger charge is -2.32. The summed E-state index contributed by atoms with van der Waals surface area (Å²) in [4.78, 5) is 0. The smallest absolute Gasteiger partial charge is 0.399 e. The molecule has 130 valence electrons. The lowest BCUT2D eigenvalue weighted by molar-refractivity contribution is 0.00578. The van der Waals surface area contributed by atoms with Crippen LogP contribution in [-0.4, -0.2) is 31.4 Å². The molecule has 1 saturated carbocycles. The first-order valence-corrected chi connectivity index (χ1v) is 9.57. The van der Waals surface area contributed by atoms with Gasteiger partial charge in [-0.1, -0.05) is 18.2 Å². The Morgan fingerprint density at radius 1 is 0.833 bits per heavy atom. The van der Waals surface area contributed by atoms with Gasteiger partial charge in [-0.3, -0.25) is 0 Å². The van der Waals surface area contributed by atoms with E-state index in [1.807, 2.05) is 0 Å². The maximum atomic E-state index is 6.31. The van der Waals surface area contributed by atoms with Gasteiger partial charge in [0.15, 0.2) is 0 Å². The first-order chi connectivity index (χ1) is 11.4. The lowest BCUT2D eigenvalue weighted by Crippen LogP contribution is -2.41. The van der Waals surface area contributed by atoms with Gasteiger partial charge in [0.2, 0.25) is 0 Å². The Bertz CT molecular complexity index is 602. The molecule has 2 aliphatic heterocycles. The second kappa shape index (κ2) is 5.86. The Balaban J connectivity index is 1.66. The second-order valence-corrected chi connectivity index (χ2v) is 8.82. The predicted molar refractivity (Wildman–Crippen MR) is 99.0 cm³/mol. The van der Waals surface area contributed by atoms with E-state index in [9.17, 15) is 0 Å². The van der Waals surface area contributed by atoms with Crippen molar-refractivity contribution in [2.45, 2.75) is 76.4 Å². The van der Waals surface area contributed by atoms with E-state index in [-0.39, 0.29) is 18.3 Å². The van der Waals surface area contributed by atoms with Crippen LogP contribution in [0.2, 0.25) is 0 Å². The molecule has 0 spiro atoms. The molecule has 3 nitrogen and oxygen atoms in total. The van der Waals surface area contributed by atoms with Crippen molar-refractivity contribution in [2.75, 3.05) is 13.1 Å². The third-order valence-corrected chi connectivity index (χ3v) is 6.38. The van der Waals surface area contributed by atoms with Crippen LogP contribution in [0.25, 0.3) is 0 Å². The minimum absolute atomic E-state index is 0.242. The highest BCUT2D eigenvalue weighted by Gasteiger charge is 2.52. The van der Waals surface area contributed by atoms with Gasteiger partial charge >= 0.3 is 7.12 Å². The quantitative estimate of drug-likeness (QED) is 0.864. The topological polar surface area (TPSA) is 30.5 Å². The van der Waals surface area contributed by atoms with Gasteiger partial charge in [-0.25, -0.2) is 0 Å². The summed E-state index contributed by atoms with van der Waals surface area (Å²) in [5.74, 6) is 1.43. The van der Waals surface area contributed by atoms with E-state index >= 15 is 0 Å². The first-order valence-electron chi connectivity index (χ1n) is 9.57. The molecule has 4 heteroatoms. The molecule has 3 aliphatic rings. The van der Waals surface area contributed by atoms with Crippen molar-refractivity contribution in [3.8, 4) is 0 Å². The van der Waals surface area contributed by atoms with Crippen molar-refractivity contribution in [3.63, 3.8) is 0 Å². The summed E-state index contributed by atoms with van der Waals surface area (Å²) < 4.78 is 12.6. The third kappa shape index (κ3) is 3.04. The number of nitrogens with one attached hydrogen (secondary N) is 1.